The predicted molar refractivity (Wildman–Crippen MR) is 77.8 cm³/mol. The van der Waals surface area contributed by atoms with Crippen molar-refractivity contribution in [3.05, 3.63) is 27.8 Å². The minimum absolute atomic E-state index is 0.147. The van der Waals surface area contributed by atoms with E-state index in [9.17, 15) is 8.42 Å². The first-order valence-electron chi connectivity index (χ1n) is 6.07. The van der Waals surface area contributed by atoms with Gasteiger partial charge in [0.1, 0.15) is 0 Å². The van der Waals surface area contributed by atoms with Crippen molar-refractivity contribution in [2.45, 2.75) is 17.4 Å². The minimum Gasteiger partial charge on any atom is -0.315 e. The van der Waals surface area contributed by atoms with Gasteiger partial charge in [0.2, 0.25) is 10.0 Å². The molecule has 2 aliphatic heterocycles. The van der Waals surface area contributed by atoms with Crippen LogP contribution < -0.4 is 5.32 Å². The lowest BCUT2D eigenvalue weighted by atomic mass is 10.1. The largest absolute Gasteiger partial charge is 0.315 e. The molecular formula is C12H15IN2O2S. The van der Waals surface area contributed by atoms with Gasteiger partial charge in [-0.3, -0.25) is 0 Å². The molecule has 0 spiro atoms. The van der Waals surface area contributed by atoms with Gasteiger partial charge in [-0.2, -0.15) is 4.31 Å². The maximum atomic E-state index is 12.6. The first-order chi connectivity index (χ1) is 8.59. The van der Waals surface area contributed by atoms with Crippen molar-refractivity contribution in [2.24, 2.45) is 5.92 Å². The monoisotopic (exact) mass is 378 g/mol. The van der Waals surface area contributed by atoms with Crippen molar-refractivity contribution in [3.63, 3.8) is 0 Å². The van der Waals surface area contributed by atoms with Crippen LogP contribution in [0.2, 0.25) is 0 Å². The summed E-state index contributed by atoms with van der Waals surface area (Å²) in [6.45, 7) is 2.39. The first kappa shape index (κ1) is 12.8. The lowest BCUT2D eigenvalue weighted by molar-refractivity contribution is 0.383. The Hall–Kier alpha value is -0.180. The number of hydrogen-bond donors (Lipinski definition) is 1. The average molecular weight is 378 g/mol. The molecule has 98 valence electrons. The van der Waals surface area contributed by atoms with Crippen molar-refractivity contribution >= 4 is 32.6 Å². The molecule has 0 amide bonds. The highest BCUT2D eigenvalue weighted by molar-refractivity contribution is 14.1. The highest BCUT2D eigenvalue weighted by Gasteiger charge is 2.43. The van der Waals surface area contributed by atoms with Crippen molar-refractivity contribution in [2.75, 3.05) is 19.6 Å². The van der Waals surface area contributed by atoms with Crippen LogP contribution in [0.25, 0.3) is 0 Å². The molecule has 1 aromatic rings. The van der Waals surface area contributed by atoms with Gasteiger partial charge < -0.3 is 5.32 Å². The van der Waals surface area contributed by atoms with Gasteiger partial charge in [-0.1, -0.05) is 0 Å². The molecule has 0 saturated carbocycles. The fourth-order valence-electron chi connectivity index (χ4n) is 2.85. The van der Waals surface area contributed by atoms with Gasteiger partial charge in [0, 0.05) is 22.7 Å². The van der Waals surface area contributed by atoms with E-state index in [1.54, 1.807) is 16.4 Å². The lowest BCUT2D eigenvalue weighted by Gasteiger charge is -2.22. The Morgan fingerprint density at radius 2 is 1.94 bits per heavy atom. The van der Waals surface area contributed by atoms with E-state index in [2.05, 4.69) is 27.9 Å². The van der Waals surface area contributed by atoms with E-state index >= 15 is 0 Å². The van der Waals surface area contributed by atoms with Gasteiger partial charge in [0.05, 0.1) is 4.90 Å². The van der Waals surface area contributed by atoms with Crippen LogP contribution in [0.4, 0.5) is 0 Å². The van der Waals surface area contributed by atoms with Gasteiger partial charge in [-0.15, -0.1) is 0 Å². The number of nitrogens with one attached hydrogen (secondary N) is 1. The second kappa shape index (κ2) is 4.73. The Balaban J connectivity index is 1.93. The van der Waals surface area contributed by atoms with Gasteiger partial charge in [0.15, 0.2) is 0 Å². The van der Waals surface area contributed by atoms with Gasteiger partial charge in [-0.25, -0.2) is 8.42 Å². The third-order valence-electron chi connectivity index (χ3n) is 3.81. The number of benzene rings is 1. The van der Waals surface area contributed by atoms with E-state index in [-0.39, 0.29) is 6.04 Å². The highest BCUT2D eigenvalue weighted by Crippen LogP contribution is 2.32. The maximum Gasteiger partial charge on any atom is 0.243 e. The zero-order chi connectivity index (χ0) is 12.8. The van der Waals surface area contributed by atoms with Crippen LogP contribution in [0.1, 0.15) is 6.42 Å². The Morgan fingerprint density at radius 1 is 1.22 bits per heavy atom. The first-order valence-corrected chi connectivity index (χ1v) is 8.59. The molecule has 0 bridgehead atoms. The van der Waals surface area contributed by atoms with Crippen LogP contribution in [-0.4, -0.2) is 38.4 Å². The molecule has 6 heteroatoms. The summed E-state index contributed by atoms with van der Waals surface area (Å²) in [5, 5.41) is 3.28. The number of rotatable bonds is 2. The van der Waals surface area contributed by atoms with Crippen molar-refractivity contribution in [1.82, 2.24) is 9.62 Å². The smallest absolute Gasteiger partial charge is 0.243 e. The van der Waals surface area contributed by atoms with E-state index in [4.69, 9.17) is 0 Å². The second-order valence-electron chi connectivity index (χ2n) is 4.84. The van der Waals surface area contributed by atoms with Crippen LogP contribution in [0.3, 0.4) is 0 Å². The van der Waals surface area contributed by atoms with Gasteiger partial charge in [-0.05, 0) is 65.7 Å². The van der Waals surface area contributed by atoms with Crippen molar-refractivity contribution < 1.29 is 8.42 Å². The van der Waals surface area contributed by atoms with Crippen molar-refractivity contribution in [3.8, 4) is 0 Å². The molecule has 2 fully saturated rings. The second-order valence-corrected chi connectivity index (χ2v) is 7.98. The minimum atomic E-state index is -3.32. The van der Waals surface area contributed by atoms with E-state index < -0.39 is 10.0 Å². The Kier molecular flexibility index (Phi) is 3.38. The van der Waals surface area contributed by atoms with Crippen LogP contribution in [-0.2, 0) is 10.0 Å². The molecule has 0 radical (unpaired) electrons. The third-order valence-corrected chi connectivity index (χ3v) is 6.47. The average Bonchev–Trinajstić information content (AvgIpc) is 2.90. The molecule has 1 N–H and O–H groups in total. The maximum absolute atomic E-state index is 12.6. The Morgan fingerprint density at radius 3 is 2.67 bits per heavy atom. The van der Waals surface area contributed by atoms with E-state index in [0.717, 1.165) is 23.1 Å². The molecule has 2 aliphatic rings. The number of nitrogens with zero attached hydrogens (tertiary/aromatic N) is 1. The Bertz CT molecular complexity index is 544. The summed E-state index contributed by atoms with van der Waals surface area (Å²) in [7, 11) is -3.32. The number of hydrogen-bond acceptors (Lipinski definition) is 3. The molecule has 2 atom stereocenters. The van der Waals surface area contributed by atoms with Crippen LogP contribution in [0.15, 0.2) is 29.2 Å². The molecule has 0 unspecified atom stereocenters. The van der Waals surface area contributed by atoms with Gasteiger partial charge in [0.25, 0.3) is 0 Å². The number of halogens is 1. The van der Waals surface area contributed by atoms with Crippen LogP contribution in [0.5, 0.6) is 0 Å². The molecular weight excluding hydrogens is 363 g/mol. The fourth-order valence-corrected chi connectivity index (χ4v) is 4.91. The molecule has 0 aromatic heterocycles. The van der Waals surface area contributed by atoms with Gasteiger partial charge >= 0.3 is 0 Å². The zero-order valence-corrected chi connectivity index (χ0v) is 12.8. The summed E-state index contributed by atoms with van der Waals surface area (Å²) in [6, 6.07) is 7.23. The molecule has 0 aliphatic carbocycles. The summed E-state index contributed by atoms with van der Waals surface area (Å²) in [4.78, 5) is 0.412. The lowest BCUT2D eigenvalue weighted by Crippen LogP contribution is -2.38. The summed E-state index contributed by atoms with van der Waals surface area (Å²) in [6.07, 6.45) is 0.973. The molecule has 2 heterocycles. The zero-order valence-electron chi connectivity index (χ0n) is 9.84. The summed E-state index contributed by atoms with van der Waals surface area (Å²) < 4.78 is 27.9. The van der Waals surface area contributed by atoms with E-state index in [1.165, 1.54) is 0 Å². The SMILES string of the molecule is O=S(=O)(c1ccc(I)cc1)N1CC[C@H]2CNC[C@H]21. The number of sulfonamides is 1. The molecule has 18 heavy (non-hydrogen) atoms. The standard InChI is InChI=1S/C12H15IN2O2S/c13-10-1-3-11(4-2-10)18(16,17)15-6-5-9-7-14-8-12(9)15/h1-4,9,12,14H,5-8H2/t9-,12+/m0/s1. The predicted octanol–water partition coefficient (Wildman–Crippen LogP) is 1.27. The van der Waals surface area contributed by atoms with E-state index in [1.807, 2.05) is 12.1 Å². The molecule has 3 rings (SSSR count). The molecule has 1 aromatic carbocycles. The summed E-state index contributed by atoms with van der Waals surface area (Å²) >= 11 is 2.18. The summed E-state index contributed by atoms with van der Waals surface area (Å²) in [5.41, 5.74) is 0. The molecule has 4 nitrogen and oxygen atoms in total. The fraction of sp³-hybridized carbons (Fsp3) is 0.500. The van der Waals surface area contributed by atoms with Crippen LogP contribution in [0, 0.1) is 9.49 Å². The quantitative estimate of drug-likeness (QED) is 0.789. The highest BCUT2D eigenvalue weighted by atomic mass is 127. The number of fused-ring (bicyclic) bond motifs is 1. The normalized spacial score (nSPS) is 28.5. The van der Waals surface area contributed by atoms with E-state index in [0.29, 0.717) is 17.4 Å². The Labute approximate surface area is 121 Å². The van der Waals surface area contributed by atoms with Crippen molar-refractivity contribution in [1.29, 1.82) is 0 Å². The summed E-state index contributed by atoms with van der Waals surface area (Å²) in [5.74, 6) is 0.489. The molecule has 2 saturated heterocycles. The third kappa shape index (κ3) is 2.09. The topological polar surface area (TPSA) is 49.4 Å². The van der Waals surface area contributed by atoms with Crippen LogP contribution >= 0.6 is 22.6 Å².